The van der Waals surface area contributed by atoms with Crippen molar-refractivity contribution >= 4 is 28.3 Å². The molecule has 5 heteroatoms. The van der Waals surface area contributed by atoms with E-state index in [0.29, 0.717) is 38.8 Å². The van der Waals surface area contributed by atoms with Crippen molar-refractivity contribution in [2.45, 2.75) is 0 Å². The molecule has 3 aromatic rings. The van der Waals surface area contributed by atoms with Crippen molar-refractivity contribution in [1.29, 1.82) is 0 Å². The van der Waals surface area contributed by atoms with E-state index in [2.05, 4.69) is 0 Å². The van der Waals surface area contributed by atoms with Gasteiger partial charge in [0.2, 0.25) is 0 Å². The van der Waals surface area contributed by atoms with E-state index in [9.17, 15) is 4.79 Å². The van der Waals surface area contributed by atoms with E-state index in [-0.39, 0.29) is 5.43 Å². The Morgan fingerprint density at radius 3 is 2.71 bits per heavy atom. The summed E-state index contributed by atoms with van der Waals surface area (Å²) in [6.45, 7) is 0. The number of methoxy groups -OCH3 is 1. The van der Waals surface area contributed by atoms with E-state index in [1.54, 1.807) is 43.5 Å². The van der Waals surface area contributed by atoms with Gasteiger partial charge in [-0.05, 0) is 36.4 Å². The van der Waals surface area contributed by atoms with Crippen LogP contribution in [0.5, 0.6) is 5.75 Å². The molecule has 0 bridgehead atoms. The van der Waals surface area contributed by atoms with Gasteiger partial charge < -0.3 is 14.9 Å². The Labute approximate surface area is 125 Å². The van der Waals surface area contributed by atoms with Gasteiger partial charge in [-0.15, -0.1) is 0 Å². The van der Waals surface area contributed by atoms with Crippen LogP contribution in [-0.4, -0.2) is 7.11 Å². The number of ether oxygens (including phenoxy) is 1. The number of hydrogen-bond donors (Lipinski definition) is 1. The van der Waals surface area contributed by atoms with E-state index in [0.717, 1.165) is 0 Å². The van der Waals surface area contributed by atoms with Gasteiger partial charge in [0.15, 0.2) is 5.43 Å². The van der Waals surface area contributed by atoms with Gasteiger partial charge in [-0.3, -0.25) is 4.79 Å². The molecule has 0 saturated heterocycles. The zero-order chi connectivity index (χ0) is 15.0. The van der Waals surface area contributed by atoms with Gasteiger partial charge in [-0.2, -0.15) is 0 Å². The average Bonchev–Trinajstić information content (AvgIpc) is 2.49. The summed E-state index contributed by atoms with van der Waals surface area (Å²) in [5.74, 6) is 0.986. The van der Waals surface area contributed by atoms with Crippen molar-refractivity contribution in [3.8, 4) is 17.1 Å². The molecule has 2 aromatic carbocycles. The second kappa shape index (κ2) is 5.14. The fraction of sp³-hybridized carbons (Fsp3) is 0.0625. The number of benzene rings is 2. The maximum atomic E-state index is 12.2. The third-order valence-corrected chi connectivity index (χ3v) is 3.52. The molecule has 21 heavy (non-hydrogen) atoms. The predicted molar refractivity (Wildman–Crippen MR) is 83.9 cm³/mol. The second-order valence-corrected chi connectivity index (χ2v) is 4.98. The molecule has 0 radical (unpaired) electrons. The number of halogens is 1. The highest BCUT2D eigenvalue weighted by molar-refractivity contribution is 6.33. The Morgan fingerprint density at radius 2 is 1.95 bits per heavy atom. The molecule has 1 heterocycles. The molecule has 0 saturated carbocycles. The summed E-state index contributed by atoms with van der Waals surface area (Å²) in [7, 11) is 1.55. The maximum Gasteiger partial charge on any atom is 0.193 e. The SMILES string of the molecule is COc1ccc2oc(-c3cc(N)ccc3Cl)cc(=O)c2c1. The van der Waals surface area contributed by atoms with Gasteiger partial charge in [0.1, 0.15) is 17.1 Å². The lowest BCUT2D eigenvalue weighted by Crippen LogP contribution is -2.01. The maximum absolute atomic E-state index is 12.2. The molecule has 0 atom stereocenters. The van der Waals surface area contributed by atoms with Crippen molar-refractivity contribution in [2.75, 3.05) is 12.8 Å². The van der Waals surface area contributed by atoms with E-state index < -0.39 is 0 Å². The normalized spacial score (nSPS) is 10.8. The zero-order valence-corrected chi connectivity index (χ0v) is 12.0. The smallest absolute Gasteiger partial charge is 0.193 e. The molecule has 0 spiro atoms. The molecule has 0 amide bonds. The molecule has 4 nitrogen and oxygen atoms in total. The minimum Gasteiger partial charge on any atom is -0.497 e. The Hall–Kier alpha value is -2.46. The van der Waals surface area contributed by atoms with Gasteiger partial charge in [-0.25, -0.2) is 0 Å². The lowest BCUT2D eigenvalue weighted by Gasteiger charge is -2.07. The van der Waals surface area contributed by atoms with Gasteiger partial charge in [0.05, 0.1) is 17.5 Å². The van der Waals surface area contributed by atoms with Crippen LogP contribution in [-0.2, 0) is 0 Å². The van der Waals surface area contributed by atoms with Crippen molar-refractivity contribution in [1.82, 2.24) is 0 Å². The predicted octanol–water partition coefficient (Wildman–Crippen LogP) is 3.70. The number of rotatable bonds is 2. The molecule has 0 aliphatic rings. The topological polar surface area (TPSA) is 65.5 Å². The number of anilines is 1. The molecule has 0 aliphatic carbocycles. The molecule has 0 unspecified atom stereocenters. The summed E-state index contributed by atoms with van der Waals surface area (Å²) in [5.41, 5.74) is 7.20. The van der Waals surface area contributed by atoms with Crippen LogP contribution in [0.2, 0.25) is 5.02 Å². The zero-order valence-electron chi connectivity index (χ0n) is 11.2. The number of nitrogen functional groups attached to an aromatic ring is 1. The highest BCUT2D eigenvalue weighted by Gasteiger charge is 2.11. The van der Waals surface area contributed by atoms with Crippen LogP contribution in [0.15, 0.2) is 51.7 Å². The van der Waals surface area contributed by atoms with Crippen molar-refractivity contribution in [3.63, 3.8) is 0 Å². The Balaban J connectivity index is 2.26. The number of nitrogens with two attached hydrogens (primary N) is 1. The first-order valence-electron chi connectivity index (χ1n) is 6.26. The first-order chi connectivity index (χ1) is 10.1. The molecule has 106 valence electrons. The average molecular weight is 302 g/mol. The summed E-state index contributed by atoms with van der Waals surface area (Å²) in [4.78, 5) is 12.2. The van der Waals surface area contributed by atoms with Gasteiger partial charge >= 0.3 is 0 Å². The molecule has 3 rings (SSSR count). The van der Waals surface area contributed by atoms with Crippen LogP contribution < -0.4 is 15.9 Å². The molecule has 2 N–H and O–H groups in total. The van der Waals surface area contributed by atoms with Gasteiger partial charge in [-0.1, -0.05) is 11.6 Å². The molecule has 0 fully saturated rings. The molecular weight excluding hydrogens is 290 g/mol. The van der Waals surface area contributed by atoms with Crippen LogP contribution in [0.1, 0.15) is 0 Å². The van der Waals surface area contributed by atoms with Crippen LogP contribution in [0.4, 0.5) is 5.69 Å². The van der Waals surface area contributed by atoms with E-state index in [4.69, 9.17) is 26.5 Å². The van der Waals surface area contributed by atoms with E-state index in [1.165, 1.54) is 6.07 Å². The van der Waals surface area contributed by atoms with Crippen LogP contribution >= 0.6 is 11.6 Å². The van der Waals surface area contributed by atoms with E-state index >= 15 is 0 Å². The quantitative estimate of drug-likeness (QED) is 0.733. The summed E-state index contributed by atoms with van der Waals surface area (Å²) in [5, 5.41) is 0.929. The molecule has 1 aromatic heterocycles. The Morgan fingerprint density at radius 1 is 1.14 bits per heavy atom. The first kappa shape index (κ1) is 13.5. The largest absolute Gasteiger partial charge is 0.497 e. The summed E-state index contributed by atoms with van der Waals surface area (Å²) < 4.78 is 10.9. The first-order valence-corrected chi connectivity index (χ1v) is 6.63. The Bertz CT molecular complexity index is 886. The van der Waals surface area contributed by atoms with Gasteiger partial charge in [0, 0.05) is 17.3 Å². The Kier molecular flexibility index (Phi) is 3.31. The van der Waals surface area contributed by atoms with Crippen LogP contribution in [0.25, 0.3) is 22.3 Å². The van der Waals surface area contributed by atoms with Crippen molar-refractivity contribution < 1.29 is 9.15 Å². The lowest BCUT2D eigenvalue weighted by molar-refractivity contribution is 0.415. The number of hydrogen-bond acceptors (Lipinski definition) is 4. The molecule has 0 aliphatic heterocycles. The van der Waals surface area contributed by atoms with Crippen LogP contribution in [0.3, 0.4) is 0 Å². The fourth-order valence-corrected chi connectivity index (χ4v) is 2.34. The molecular formula is C16H12ClNO3. The highest BCUT2D eigenvalue weighted by atomic mass is 35.5. The standard InChI is InChI=1S/C16H12ClNO3/c1-20-10-3-5-15-12(7-10)14(19)8-16(21-15)11-6-9(18)2-4-13(11)17/h2-8H,18H2,1H3. The van der Waals surface area contributed by atoms with Crippen molar-refractivity contribution in [3.05, 3.63) is 57.7 Å². The second-order valence-electron chi connectivity index (χ2n) is 4.58. The van der Waals surface area contributed by atoms with Crippen molar-refractivity contribution in [2.24, 2.45) is 0 Å². The van der Waals surface area contributed by atoms with Gasteiger partial charge in [0.25, 0.3) is 0 Å². The lowest BCUT2D eigenvalue weighted by atomic mass is 10.1. The third-order valence-electron chi connectivity index (χ3n) is 3.19. The minimum absolute atomic E-state index is 0.163. The third kappa shape index (κ3) is 2.45. The summed E-state index contributed by atoms with van der Waals surface area (Å²) >= 11 is 6.14. The minimum atomic E-state index is -0.163. The van der Waals surface area contributed by atoms with E-state index in [1.807, 2.05) is 0 Å². The number of fused-ring (bicyclic) bond motifs is 1. The fourth-order valence-electron chi connectivity index (χ4n) is 2.13. The van der Waals surface area contributed by atoms with Crippen LogP contribution in [0, 0.1) is 0 Å². The highest BCUT2D eigenvalue weighted by Crippen LogP contribution is 2.31. The summed E-state index contributed by atoms with van der Waals surface area (Å²) in [6, 6.07) is 11.5. The monoisotopic (exact) mass is 301 g/mol. The summed E-state index contributed by atoms with van der Waals surface area (Å²) in [6.07, 6.45) is 0.